The second-order valence-electron chi connectivity index (χ2n) is 2.47. The van der Waals surface area contributed by atoms with Gasteiger partial charge in [-0.2, -0.15) is 13.2 Å². The lowest BCUT2D eigenvalue weighted by Gasteiger charge is -2.13. The lowest BCUT2D eigenvalue weighted by molar-refractivity contribution is -0.174. The van der Waals surface area contributed by atoms with Gasteiger partial charge in [0.1, 0.15) is 0 Å². The summed E-state index contributed by atoms with van der Waals surface area (Å²) >= 11 is 0. The molecule has 3 nitrogen and oxygen atoms in total. The van der Waals surface area contributed by atoms with Gasteiger partial charge in [-0.3, -0.25) is 4.79 Å². The maximum atomic E-state index is 11.6. The monoisotopic (exact) mass is 199 g/mol. The van der Waals surface area contributed by atoms with E-state index in [1.165, 1.54) is 0 Å². The number of carbonyl (C=O) groups excluding carboxylic acids is 1. The van der Waals surface area contributed by atoms with Gasteiger partial charge in [-0.05, 0) is 13.8 Å². The van der Waals surface area contributed by atoms with E-state index >= 15 is 0 Å². The van der Waals surface area contributed by atoms with Crippen LogP contribution in [0.5, 0.6) is 0 Å². The maximum Gasteiger partial charge on any atom is 0.471 e. The van der Waals surface area contributed by atoms with E-state index in [2.05, 4.69) is 0 Å². The second kappa shape index (κ2) is 5.06. The van der Waals surface area contributed by atoms with Crippen LogP contribution in [0.25, 0.3) is 0 Å². The van der Waals surface area contributed by atoms with Crippen LogP contribution < -0.4 is 5.32 Å². The lowest BCUT2D eigenvalue weighted by Crippen LogP contribution is -2.40. The first-order chi connectivity index (χ1) is 5.88. The summed E-state index contributed by atoms with van der Waals surface area (Å²) < 4.78 is 39.8. The molecule has 0 aromatic rings. The van der Waals surface area contributed by atoms with E-state index in [1.807, 2.05) is 0 Å². The summed E-state index contributed by atoms with van der Waals surface area (Å²) in [4.78, 5) is 10.3. The van der Waals surface area contributed by atoms with Crippen LogP contribution in [0.3, 0.4) is 0 Å². The minimum Gasteiger partial charge on any atom is -0.377 e. The number of amides is 1. The predicted molar refractivity (Wildman–Crippen MR) is 40.2 cm³/mol. The van der Waals surface area contributed by atoms with Crippen molar-refractivity contribution in [1.29, 1.82) is 0 Å². The fourth-order valence-corrected chi connectivity index (χ4v) is 0.680. The topological polar surface area (TPSA) is 38.3 Å². The van der Waals surface area contributed by atoms with E-state index in [9.17, 15) is 18.0 Å². The highest BCUT2D eigenvalue weighted by Gasteiger charge is 2.38. The van der Waals surface area contributed by atoms with Gasteiger partial charge in [0.05, 0.1) is 6.10 Å². The first kappa shape index (κ1) is 12.2. The third-order valence-corrected chi connectivity index (χ3v) is 1.26. The largest absolute Gasteiger partial charge is 0.471 e. The number of hydrogen-bond acceptors (Lipinski definition) is 2. The smallest absolute Gasteiger partial charge is 0.377 e. The number of hydrogen-bond donors (Lipinski definition) is 1. The van der Waals surface area contributed by atoms with Gasteiger partial charge >= 0.3 is 12.1 Å². The van der Waals surface area contributed by atoms with Crippen molar-refractivity contribution in [3.8, 4) is 0 Å². The average molecular weight is 199 g/mol. The van der Waals surface area contributed by atoms with Gasteiger partial charge in [0.2, 0.25) is 0 Å². The summed E-state index contributed by atoms with van der Waals surface area (Å²) in [7, 11) is 0. The Bertz CT molecular complexity index is 170. The third kappa shape index (κ3) is 5.46. The van der Waals surface area contributed by atoms with Gasteiger partial charge in [-0.25, -0.2) is 0 Å². The fourth-order valence-electron chi connectivity index (χ4n) is 0.680. The molecule has 0 aromatic heterocycles. The van der Waals surface area contributed by atoms with E-state index in [0.717, 1.165) is 0 Å². The average Bonchev–Trinajstić information content (AvgIpc) is 1.99. The maximum absolute atomic E-state index is 11.6. The molecule has 0 heterocycles. The first-order valence-corrected chi connectivity index (χ1v) is 3.84. The summed E-state index contributed by atoms with van der Waals surface area (Å²) in [6, 6.07) is 0. The molecule has 1 unspecified atom stereocenters. The van der Waals surface area contributed by atoms with Crippen molar-refractivity contribution in [3.05, 3.63) is 0 Å². The zero-order valence-electron chi connectivity index (χ0n) is 7.44. The Morgan fingerprint density at radius 2 is 2.08 bits per heavy atom. The molecule has 0 aliphatic rings. The molecule has 0 fully saturated rings. The van der Waals surface area contributed by atoms with Crippen LogP contribution in [0.15, 0.2) is 0 Å². The number of halogens is 3. The zero-order valence-corrected chi connectivity index (χ0v) is 7.44. The third-order valence-electron chi connectivity index (χ3n) is 1.26. The van der Waals surface area contributed by atoms with Gasteiger partial charge in [0.25, 0.3) is 0 Å². The van der Waals surface area contributed by atoms with Crippen molar-refractivity contribution >= 4 is 5.91 Å². The summed E-state index contributed by atoms with van der Waals surface area (Å²) in [5, 5.41) is 1.72. The first-order valence-electron chi connectivity index (χ1n) is 3.84. The number of alkyl halides is 3. The van der Waals surface area contributed by atoms with E-state index in [0.29, 0.717) is 6.61 Å². The van der Waals surface area contributed by atoms with Gasteiger partial charge in [0, 0.05) is 13.2 Å². The molecule has 0 saturated carbocycles. The summed E-state index contributed by atoms with van der Waals surface area (Å²) in [5.41, 5.74) is 0. The summed E-state index contributed by atoms with van der Waals surface area (Å²) in [6.07, 6.45) is -5.22. The molecule has 78 valence electrons. The minimum atomic E-state index is -4.81. The molecular weight excluding hydrogens is 187 g/mol. The molecule has 1 amide bonds. The SMILES string of the molecule is CCOC(C)CNC(=O)C(F)(F)F. The molecule has 0 aliphatic heterocycles. The molecule has 0 bridgehead atoms. The van der Waals surface area contributed by atoms with E-state index in [4.69, 9.17) is 4.74 Å². The molecule has 0 aromatic carbocycles. The molecular formula is C7H12F3NO2. The minimum absolute atomic E-state index is 0.133. The highest BCUT2D eigenvalue weighted by molar-refractivity contribution is 5.81. The van der Waals surface area contributed by atoms with Crippen molar-refractivity contribution < 1.29 is 22.7 Å². The predicted octanol–water partition coefficient (Wildman–Crippen LogP) is 1.09. The zero-order chi connectivity index (χ0) is 10.5. The van der Waals surface area contributed by atoms with Crippen LogP contribution in [0.4, 0.5) is 13.2 Å². The molecule has 0 saturated heterocycles. The molecule has 1 N–H and O–H groups in total. The number of ether oxygens (including phenoxy) is 1. The van der Waals surface area contributed by atoms with Gasteiger partial charge in [0.15, 0.2) is 0 Å². The molecule has 0 radical (unpaired) electrons. The van der Waals surface area contributed by atoms with E-state index in [-0.39, 0.29) is 6.54 Å². The Morgan fingerprint density at radius 1 is 1.54 bits per heavy atom. The van der Waals surface area contributed by atoms with Crippen LogP contribution in [0, 0.1) is 0 Å². The molecule has 0 spiro atoms. The van der Waals surface area contributed by atoms with Gasteiger partial charge < -0.3 is 10.1 Å². The number of carbonyl (C=O) groups is 1. The second-order valence-corrected chi connectivity index (χ2v) is 2.47. The molecule has 6 heteroatoms. The molecule has 0 rings (SSSR count). The van der Waals surface area contributed by atoms with Crippen molar-refractivity contribution in [2.45, 2.75) is 26.1 Å². The van der Waals surface area contributed by atoms with Crippen LogP contribution in [-0.4, -0.2) is 31.3 Å². The highest BCUT2D eigenvalue weighted by atomic mass is 19.4. The van der Waals surface area contributed by atoms with Crippen molar-refractivity contribution in [2.75, 3.05) is 13.2 Å². The summed E-state index contributed by atoms with van der Waals surface area (Å²) in [6.45, 7) is 3.58. The van der Waals surface area contributed by atoms with Crippen LogP contribution in [0.2, 0.25) is 0 Å². The van der Waals surface area contributed by atoms with Crippen LogP contribution in [0.1, 0.15) is 13.8 Å². The fraction of sp³-hybridized carbons (Fsp3) is 0.857. The Kier molecular flexibility index (Phi) is 4.76. The number of rotatable bonds is 4. The Hall–Kier alpha value is -0.780. The normalized spacial score (nSPS) is 13.9. The molecule has 13 heavy (non-hydrogen) atoms. The lowest BCUT2D eigenvalue weighted by atomic mass is 10.4. The molecule has 0 aliphatic carbocycles. The van der Waals surface area contributed by atoms with Crippen molar-refractivity contribution in [1.82, 2.24) is 5.32 Å². The quantitative estimate of drug-likeness (QED) is 0.736. The molecule has 1 atom stereocenters. The van der Waals surface area contributed by atoms with Crippen LogP contribution >= 0.6 is 0 Å². The standard InChI is InChI=1S/C7H12F3NO2/c1-3-13-5(2)4-11-6(12)7(8,9)10/h5H,3-4H2,1-2H3,(H,11,12). The Balaban J connectivity index is 3.71. The highest BCUT2D eigenvalue weighted by Crippen LogP contribution is 2.13. The number of nitrogens with one attached hydrogen (secondary N) is 1. The van der Waals surface area contributed by atoms with E-state index in [1.54, 1.807) is 19.2 Å². The van der Waals surface area contributed by atoms with Gasteiger partial charge in [-0.15, -0.1) is 0 Å². The summed E-state index contributed by atoms with van der Waals surface area (Å²) in [5.74, 6) is -1.93. The van der Waals surface area contributed by atoms with Crippen molar-refractivity contribution in [3.63, 3.8) is 0 Å². The van der Waals surface area contributed by atoms with Crippen LogP contribution in [-0.2, 0) is 9.53 Å². The van der Waals surface area contributed by atoms with Gasteiger partial charge in [-0.1, -0.05) is 0 Å². The van der Waals surface area contributed by atoms with E-state index < -0.39 is 18.2 Å². The Labute approximate surface area is 74.3 Å². The Morgan fingerprint density at radius 3 is 2.46 bits per heavy atom. The van der Waals surface area contributed by atoms with Crippen molar-refractivity contribution in [2.24, 2.45) is 0 Å².